The number of nitrogens with two attached hydrogens (primary N) is 1. The first-order valence-electron chi connectivity index (χ1n) is 7.82. The lowest BCUT2D eigenvalue weighted by Crippen LogP contribution is -2.52. The lowest BCUT2D eigenvalue weighted by atomic mass is 10.1. The molecular formula is C15H28N4O5. The van der Waals surface area contributed by atoms with Crippen LogP contribution in [0.25, 0.3) is 0 Å². The van der Waals surface area contributed by atoms with Crippen molar-refractivity contribution in [1.29, 1.82) is 0 Å². The first-order valence-corrected chi connectivity index (χ1v) is 7.82. The minimum absolute atomic E-state index is 0.00404. The minimum atomic E-state index is -1.20. The maximum Gasteiger partial charge on any atom is 0.322 e. The summed E-state index contributed by atoms with van der Waals surface area (Å²) >= 11 is 0. The second kappa shape index (κ2) is 9.86. The number of hydrogen-bond donors (Lipinski definition) is 5. The molecule has 0 aromatic carbocycles. The maximum atomic E-state index is 12.0. The van der Waals surface area contributed by atoms with Crippen molar-refractivity contribution in [2.24, 2.45) is 5.73 Å². The quantitative estimate of drug-likeness (QED) is 0.366. The van der Waals surface area contributed by atoms with Gasteiger partial charge in [0.1, 0.15) is 12.6 Å². The van der Waals surface area contributed by atoms with Gasteiger partial charge in [-0.25, -0.2) is 0 Å². The highest BCUT2D eigenvalue weighted by molar-refractivity contribution is 5.91. The van der Waals surface area contributed by atoms with Crippen molar-refractivity contribution in [2.45, 2.75) is 64.6 Å². The van der Waals surface area contributed by atoms with E-state index in [4.69, 9.17) is 10.8 Å². The Labute approximate surface area is 141 Å². The largest absolute Gasteiger partial charge is 0.480 e. The van der Waals surface area contributed by atoms with Gasteiger partial charge in [0.25, 0.3) is 0 Å². The molecule has 0 saturated heterocycles. The SMILES string of the molecule is CC[C@@H](N)C(=O)N[C@@H](CCC(=O)NC(C)(C)C)C(=O)NCC(=O)O. The van der Waals surface area contributed by atoms with Gasteiger partial charge in [-0.1, -0.05) is 6.92 Å². The van der Waals surface area contributed by atoms with E-state index < -0.39 is 42.0 Å². The number of carbonyl (C=O) groups excluding carboxylic acids is 3. The van der Waals surface area contributed by atoms with Gasteiger partial charge in [-0.15, -0.1) is 0 Å². The molecule has 0 rings (SSSR count). The lowest BCUT2D eigenvalue weighted by molar-refractivity contribution is -0.138. The second-order valence-electron chi connectivity index (χ2n) is 6.52. The molecule has 0 radical (unpaired) electrons. The fourth-order valence-corrected chi connectivity index (χ4v) is 1.78. The smallest absolute Gasteiger partial charge is 0.322 e. The van der Waals surface area contributed by atoms with Gasteiger partial charge >= 0.3 is 5.97 Å². The van der Waals surface area contributed by atoms with E-state index in [1.54, 1.807) is 6.92 Å². The number of rotatable bonds is 9. The van der Waals surface area contributed by atoms with E-state index in [2.05, 4.69) is 16.0 Å². The molecule has 0 aromatic heterocycles. The van der Waals surface area contributed by atoms with E-state index in [0.717, 1.165) is 0 Å². The van der Waals surface area contributed by atoms with Crippen molar-refractivity contribution in [3.8, 4) is 0 Å². The third kappa shape index (κ3) is 9.78. The molecule has 0 aliphatic carbocycles. The van der Waals surface area contributed by atoms with Crippen molar-refractivity contribution in [3.05, 3.63) is 0 Å². The molecule has 138 valence electrons. The van der Waals surface area contributed by atoms with E-state index in [1.165, 1.54) is 0 Å². The van der Waals surface area contributed by atoms with Crippen LogP contribution >= 0.6 is 0 Å². The number of amides is 3. The Morgan fingerprint density at radius 3 is 2.17 bits per heavy atom. The van der Waals surface area contributed by atoms with Crippen LogP contribution in [-0.4, -0.2) is 53.0 Å². The molecule has 0 spiro atoms. The highest BCUT2D eigenvalue weighted by Gasteiger charge is 2.25. The molecule has 0 aromatic rings. The van der Waals surface area contributed by atoms with Gasteiger partial charge in [0.2, 0.25) is 17.7 Å². The molecule has 9 heteroatoms. The number of carbonyl (C=O) groups is 4. The van der Waals surface area contributed by atoms with Crippen LogP contribution in [0.4, 0.5) is 0 Å². The summed E-state index contributed by atoms with van der Waals surface area (Å²) in [5, 5.41) is 16.0. The fraction of sp³-hybridized carbons (Fsp3) is 0.733. The summed E-state index contributed by atoms with van der Waals surface area (Å²) in [6.07, 6.45) is 0.430. The molecule has 0 fully saturated rings. The number of hydrogen-bond acceptors (Lipinski definition) is 5. The zero-order valence-corrected chi connectivity index (χ0v) is 14.6. The fourth-order valence-electron chi connectivity index (χ4n) is 1.78. The molecule has 0 unspecified atom stereocenters. The van der Waals surface area contributed by atoms with Crippen LogP contribution in [0.3, 0.4) is 0 Å². The summed E-state index contributed by atoms with van der Waals surface area (Å²) in [4.78, 5) is 46.3. The van der Waals surface area contributed by atoms with Crippen LogP contribution in [0, 0.1) is 0 Å². The molecule has 9 nitrogen and oxygen atoms in total. The molecule has 0 heterocycles. The minimum Gasteiger partial charge on any atom is -0.480 e. The van der Waals surface area contributed by atoms with E-state index in [1.807, 2.05) is 20.8 Å². The molecular weight excluding hydrogens is 316 g/mol. The summed E-state index contributed by atoms with van der Waals surface area (Å²) in [5.74, 6) is -2.67. The van der Waals surface area contributed by atoms with Gasteiger partial charge < -0.3 is 26.8 Å². The molecule has 6 N–H and O–H groups in total. The molecule has 0 bridgehead atoms. The normalized spacial score (nSPS) is 13.5. The van der Waals surface area contributed by atoms with Gasteiger partial charge in [0.05, 0.1) is 6.04 Å². The van der Waals surface area contributed by atoms with Crippen molar-refractivity contribution in [3.63, 3.8) is 0 Å². The van der Waals surface area contributed by atoms with Crippen LogP contribution < -0.4 is 21.7 Å². The first-order chi connectivity index (χ1) is 11.0. The number of aliphatic carboxylic acids is 1. The Morgan fingerprint density at radius 2 is 1.71 bits per heavy atom. The van der Waals surface area contributed by atoms with E-state index >= 15 is 0 Å². The molecule has 0 saturated carbocycles. The summed E-state index contributed by atoms with van der Waals surface area (Å²) < 4.78 is 0. The predicted octanol–water partition coefficient (Wildman–Crippen LogP) is -0.896. The van der Waals surface area contributed by atoms with Gasteiger partial charge in [-0.3, -0.25) is 19.2 Å². The maximum absolute atomic E-state index is 12.0. The Balaban J connectivity index is 4.79. The highest BCUT2D eigenvalue weighted by Crippen LogP contribution is 2.04. The third-order valence-corrected chi connectivity index (χ3v) is 3.00. The summed E-state index contributed by atoms with van der Waals surface area (Å²) in [6.45, 7) is 6.62. The van der Waals surface area contributed by atoms with E-state index in [0.29, 0.717) is 6.42 Å². The number of nitrogens with one attached hydrogen (secondary N) is 3. The predicted molar refractivity (Wildman–Crippen MR) is 88.0 cm³/mol. The van der Waals surface area contributed by atoms with Gasteiger partial charge in [-0.05, 0) is 33.6 Å². The average molecular weight is 344 g/mol. The molecule has 3 amide bonds. The van der Waals surface area contributed by atoms with Crippen LogP contribution in [0.5, 0.6) is 0 Å². The zero-order chi connectivity index (χ0) is 18.9. The van der Waals surface area contributed by atoms with Crippen molar-refractivity contribution in [2.75, 3.05) is 6.54 Å². The molecule has 0 aliphatic heterocycles. The lowest BCUT2D eigenvalue weighted by Gasteiger charge is -2.22. The molecule has 0 aliphatic rings. The number of carboxylic acid groups (broad SMARTS) is 1. The Morgan fingerprint density at radius 1 is 1.12 bits per heavy atom. The Hall–Kier alpha value is -2.16. The van der Waals surface area contributed by atoms with Crippen molar-refractivity contribution < 1.29 is 24.3 Å². The standard InChI is InChI=1S/C15H28N4O5/c1-5-9(16)13(23)18-10(14(24)17-8-12(21)22)6-7-11(20)19-15(2,3)4/h9-10H,5-8,16H2,1-4H3,(H,17,24)(H,18,23)(H,19,20)(H,21,22)/t9-,10+/m1/s1. The van der Waals surface area contributed by atoms with Gasteiger partial charge in [0, 0.05) is 12.0 Å². The second-order valence-corrected chi connectivity index (χ2v) is 6.52. The van der Waals surface area contributed by atoms with Crippen LogP contribution in [-0.2, 0) is 19.2 Å². The Kier molecular flexibility index (Phi) is 8.97. The third-order valence-electron chi connectivity index (χ3n) is 3.00. The molecule has 24 heavy (non-hydrogen) atoms. The molecule has 2 atom stereocenters. The van der Waals surface area contributed by atoms with Crippen molar-refractivity contribution >= 4 is 23.7 Å². The topological polar surface area (TPSA) is 151 Å². The average Bonchev–Trinajstić information content (AvgIpc) is 2.45. The summed E-state index contributed by atoms with van der Waals surface area (Å²) in [6, 6.07) is -1.80. The zero-order valence-electron chi connectivity index (χ0n) is 14.6. The van der Waals surface area contributed by atoms with Crippen molar-refractivity contribution in [1.82, 2.24) is 16.0 Å². The van der Waals surface area contributed by atoms with E-state index in [9.17, 15) is 19.2 Å². The monoisotopic (exact) mass is 344 g/mol. The van der Waals surface area contributed by atoms with Crippen LogP contribution in [0.15, 0.2) is 0 Å². The van der Waals surface area contributed by atoms with Gasteiger partial charge in [-0.2, -0.15) is 0 Å². The van der Waals surface area contributed by atoms with Crippen LogP contribution in [0.2, 0.25) is 0 Å². The summed E-state index contributed by atoms with van der Waals surface area (Å²) in [5.41, 5.74) is 5.20. The number of carboxylic acids is 1. The van der Waals surface area contributed by atoms with E-state index in [-0.39, 0.29) is 18.7 Å². The van der Waals surface area contributed by atoms with Crippen LogP contribution in [0.1, 0.15) is 47.0 Å². The van der Waals surface area contributed by atoms with Gasteiger partial charge in [0.15, 0.2) is 0 Å². The Bertz CT molecular complexity index is 473. The highest BCUT2D eigenvalue weighted by atomic mass is 16.4. The first kappa shape index (κ1) is 21.8. The summed E-state index contributed by atoms with van der Waals surface area (Å²) in [7, 11) is 0.